The maximum atomic E-state index is 6.28. The van der Waals surface area contributed by atoms with E-state index in [0.29, 0.717) is 5.82 Å². The zero-order valence-corrected chi connectivity index (χ0v) is 15.9. The summed E-state index contributed by atoms with van der Waals surface area (Å²) in [5.74, 6) is 0.606. The molecule has 0 radical (unpaired) electrons. The average Bonchev–Trinajstić information content (AvgIpc) is 3.14. The zero-order valence-electron chi connectivity index (χ0n) is 15.9. The number of rotatable bonds is 3. The van der Waals surface area contributed by atoms with Gasteiger partial charge in [-0.2, -0.15) is 9.61 Å². The molecule has 7 nitrogen and oxygen atoms in total. The molecule has 3 aromatic heterocycles. The summed E-state index contributed by atoms with van der Waals surface area (Å²) in [6.45, 7) is 5.06. The highest BCUT2D eigenvalue weighted by Crippen LogP contribution is 2.27. The predicted octanol–water partition coefficient (Wildman–Crippen LogP) is 2.27. The van der Waals surface area contributed by atoms with Crippen LogP contribution in [0.3, 0.4) is 0 Å². The van der Waals surface area contributed by atoms with Crippen LogP contribution in [0, 0.1) is 0 Å². The lowest BCUT2D eigenvalue weighted by atomic mass is 10.1. The van der Waals surface area contributed by atoms with Gasteiger partial charge >= 0.3 is 0 Å². The Bertz CT molecular complexity index is 1140. The Morgan fingerprint density at radius 1 is 1.04 bits per heavy atom. The van der Waals surface area contributed by atoms with Crippen molar-refractivity contribution < 1.29 is 0 Å². The second kappa shape index (κ2) is 6.85. The summed E-state index contributed by atoms with van der Waals surface area (Å²) in [5.41, 5.74) is 11.0. The number of hydrogen-bond acceptors (Lipinski definition) is 6. The van der Waals surface area contributed by atoms with E-state index in [0.717, 1.165) is 66.1 Å². The molecule has 0 bridgehead atoms. The molecule has 0 atom stereocenters. The van der Waals surface area contributed by atoms with Crippen molar-refractivity contribution in [3.05, 3.63) is 54.5 Å². The largest absolute Gasteiger partial charge is 0.384 e. The summed E-state index contributed by atoms with van der Waals surface area (Å²) in [5, 5.41) is 5.55. The maximum absolute atomic E-state index is 6.28. The fourth-order valence-electron chi connectivity index (χ4n) is 3.78. The molecule has 1 aliphatic rings. The number of pyridine rings is 1. The van der Waals surface area contributed by atoms with E-state index in [1.54, 1.807) is 4.52 Å². The van der Waals surface area contributed by atoms with Gasteiger partial charge in [-0.15, -0.1) is 0 Å². The van der Waals surface area contributed by atoms with Gasteiger partial charge in [0, 0.05) is 61.5 Å². The third-order valence-corrected chi connectivity index (χ3v) is 5.44. The van der Waals surface area contributed by atoms with Crippen molar-refractivity contribution in [3.8, 4) is 11.1 Å². The first kappa shape index (κ1) is 17.1. The number of para-hydroxylation sites is 1. The first-order valence-electron chi connectivity index (χ1n) is 9.56. The summed E-state index contributed by atoms with van der Waals surface area (Å²) in [4.78, 5) is 14.3. The van der Waals surface area contributed by atoms with Crippen molar-refractivity contribution in [2.75, 3.05) is 39.0 Å². The van der Waals surface area contributed by atoms with Gasteiger partial charge < -0.3 is 10.6 Å². The number of nitrogens with zero attached hydrogens (tertiary/aromatic N) is 6. The van der Waals surface area contributed by atoms with Crippen molar-refractivity contribution in [1.29, 1.82) is 0 Å². The van der Waals surface area contributed by atoms with E-state index >= 15 is 0 Å². The van der Waals surface area contributed by atoms with E-state index < -0.39 is 0 Å². The van der Waals surface area contributed by atoms with Crippen molar-refractivity contribution in [3.63, 3.8) is 0 Å². The van der Waals surface area contributed by atoms with Crippen LogP contribution in [-0.4, -0.2) is 62.6 Å². The first-order chi connectivity index (χ1) is 13.7. The second-order valence-corrected chi connectivity index (χ2v) is 7.46. The lowest BCUT2D eigenvalue weighted by molar-refractivity contribution is 0.147. The molecule has 4 heterocycles. The lowest BCUT2D eigenvalue weighted by Gasteiger charge is -2.32. The average molecular weight is 373 g/mol. The van der Waals surface area contributed by atoms with Gasteiger partial charge in [0.05, 0.1) is 17.4 Å². The Labute approximate surface area is 163 Å². The molecule has 1 saturated heterocycles. The normalized spacial score (nSPS) is 16.2. The minimum atomic E-state index is 0.606. The summed E-state index contributed by atoms with van der Waals surface area (Å²) < 4.78 is 1.71. The highest BCUT2D eigenvalue weighted by molar-refractivity contribution is 5.86. The smallest absolute Gasteiger partial charge is 0.165 e. The van der Waals surface area contributed by atoms with E-state index in [1.165, 1.54) is 0 Å². The summed E-state index contributed by atoms with van der Waals surface area (Å²) in [6.07, 6.45) is 3.70. The van der Waals surface area contributed by atoms with Gasteiger partial charge in [0.25, 0.3) is 0 Å². The molecule has 28 heavy (non-hydrogen) atoms. The van der Waals surface area contributed by atoms with Crippen molar-refractivity contribution in [1.82, 2.24) is 29.4 Å². The molecular formula is C21H23N7. The molecule has 7 heteroatoms. The Kier molecular flexibility index (Phi) is 4.18. The van der Waals surface area contributed by atoms with E-state index in [2.05, 4.69) is 39.1 Å². The molecule has 0 spiro atoms. The van der Waals surface area contributed by atoms with Crippen LogP contribution in [0.25, 0.3) is 27.7 Å². The highest BCUT2D eigenvalue weighted by atomic mass is 15.3. The molecule has 1 aliphatic heterocycles. The zero-order chi connectivity index (χ0) is 19.1. The number of hydrogen-bond donors (Lipinski definition) is 1. The second-order valence-electron chi connectivity index (χ2n) is 7.46. The molecule has 0 saturated carbocycles. The quantitative estimate of drug-likeness (QED) is 0.594. The molecule has 5 rings (SSSR count). The SMILES string of the molecule is CN1CCN(Cc2cc(N)n3ncc(-c4cnc5ccccc5c4)c3n2)CC1. The Balaban J connectivity index is 1.53. The number of benzene rings is 1. The van der Waals surface area contributed by atoms with Gasteiger partial charge in [-0.25, -0.2) is 4.98 Å². The lowest BCUT2D eigenvalue weighted by Crippen LogP contribution is -2.44. The third kappa shape index (κ3) is 3.08. The standard InChI is InChI=1S/C21H23N7/c1-26-6-8-27(9-7-26)14-17-11-20(22)28-21(25-17)18(13-24-28)16-10-15-4-2-3-5-19(15)23-12-16/h2-5,10-13H,6-9,14,22H2,1H3. The number of fused-ring (bicyclic) bond motifs is 2. The first-order valence-corrected chi connectivity index (χ1v) is 9.56. The van der Waals surface area contributed by atoms with Gasteiger partial charge in [-0.05, 0) is 19.2 Å². The molecule has 2 N–H and O–H groups in total. The van der Waals surface area contributed by atoms with Gasteiger partial charge in [0.1, 0.15) is 5.82 Å². The fraction of sp³-hybridized carbons (Fsp3) is 0.286. The van der Waals surface area contributed by atoms with E-state index in [1.807, 2.05) is 36.7 Å². The number of aromatic nitrogens is 4. The van der Waals surface area contributed by atoms with Crippen LogP contribution in [-0.2, 0) is 6.54 Å². The van der Waals surface area contributed by atoms with Crippen LogP contribution >= 0.6 is 0 Å². The van der Waals surface area contributed by atoms with Crippen LogP contribution in [0.2, 0.25) is 0 Å². The van der Waals surface area contributed by atoms with Gasteiger partial charge in [-0.3, -0.25) is 9.88 Å². The monoisotopic (exact) mass is 373 g/mol. The van der Waals surface area contributed by atoms with Gasteiger partial charge in [0.15, 0.2) is 5.65 Å². The van der Waals surface area contributed by atoms with Crippen LogP contribution in [0.1, 0.15) is 5.69 Å². The molecule has 4 aromatic rings. The van der Waals surface area contributed by atoms with E-state index in [4.69, 9.17) is 10.7 Å². The molecule has 1 aromatic carbocycles. The van der Waals surface area contributed by atoms with Crippen LogP contribution in [0.4, 0.5) is 5.82 Å². The highest BCUT2D eigenvalue weighted by Gasteiger charge is 2.17. The molecule has 0 amide bonds. The topological polar surface area (TPSA) is 75.6 Å². The van der Waals surface area contributed by atoms with Crippen molar-refractivity contribution >= 4 is 22.4 Å². The Morgan fingerprint density at radius 3 is 2.71 bits per heavy atom. The predicted molar refractivity (Wildman–Crippen MR) is 111 cm³/mol. The summed E-state index contributed by atoms with van der Waals surface area (Å²) >= 11 is 0. The Morgan fingerprint density at radius 2 is 1.86 bits per heavy atom. The molecule has 1 fully saturated rings. The fourth-order valence-corrected chi connectivity index (χ4v) is 3.78. The summed E-state index contributed by atoms with van der Waals surface area (Å²) in [6, 6.07) is 12.2. The van der Waals surface area contributed by atoms with Crippen LogP contribution < -0.4 is 5.73 Å². The molecule has 142 valence electrons. The molecule has 0 aliphatic carbocycles. The van der Waals surface area contributed by atoms with Gasteiger partial charge in [0.2, 0.25) is 0 Å². The molecule has 0 unspecified atom stereocenters. The molecular weight excluding hydrogens is 350 g/mol. The minimum Gasteiger partial charge on any atom is -0.384 e. The number of piperazine rings is 1. The summed E-state index contributed by atoms with van der Waals surface area (Å²) in [7, 11) is 2.16. The van der Waals surface area contributed by atoms with Crippen molar-refractivity contribution in [2.45, 2.75) is 6.54 Å². The number of nitrogen functional groups attached to an aromatic ring is 1. The minimum absolute atomic E-state index is 0.606. The Hall–Kier alpha value is -3.03. The van der Waals surface area contributed by atoms with Crippen molar-refractivity contribution in [2.24, 2.45) is 0 Å². The number of likely N-dealkylation sites (N-methyl/N-ethyl adjacent to an activating group) is 1. The third-order valence-electron chi connectivity index (χ3n) is 5.44. The van der Waals surface area contributed by atoms with Crippen LogP contribution in [0.5, 0.6) is 0 Å². The maximum Gasteiger partial charge on any atom is 0.165 e. The van der Waals surface area contributed by atoms with Gasteiger partial charge in [-0.1, -0.05) is 18.2 Å². The van der Waals surface area contributed by atoms with E-state index in [9.17, 15) is 0 Å². The van der Waals surface area contributed by atoms with E-state index in [-0.39, 0.29) is 0 Å². The number of nitrogens with two attached hydrogens (primary N) is 1. The number of anilines is 1. The van der Waals surface area contributed by atoms with Crippen LogP contribution in [0.15, 0.2) is 48.8 Å².